The Balaban J connectivity index is 1.53. The first-order valence-corrected chi connectivity index (χ1v) is 9.64. The average molecular weight is 402 g/mol. The van der Waals surface area contributed by atoms with Crippen LogP contribution in [-0.2, 0) is 0 Å². The number of aromatic nitrogens is 3. The van der Waals surface area contributed by atoms with Crippen LogP contribution in [0.2, 0.25) is 5.02 Å². The highest BCUT2D eigenvalue weighted by molar-refractivity contribution is 6.30. The minimum Gasteiger partial charge on any atom is -0.324 e. The summed E-state index contributed by atoms with van der Waals surface area (Å²) in [7, 11) is 0. The summed E-state index contributed by atoms with van der Waals surface area (Å²) in [5.41, 5.74) is 2.03. The predicted octanol–water partition coefficient (Wildman–Crippen LogP) is 4.83. The van der Waals surface area contributed by atoms with Gasteiger partial charge in [-0.1, -0.05) is 11.6 Å². The standard InChI is InChI=1S/C20H21ClFN5O/c1-12(2)27-18-10-23-7-5-17(18)24-19(27)13-6-8-26(11-13)20(28)25-16-4-3-14(21)9-15(16)22/h3-5,7,9-10,12-13H,6,8,11H2,1-2H3,(H,25,28)/t13-/m1/s1. The number of imidazole rings is 1. The molecule has 146 valence electrons. The molecule has 1 fully saturated rings. The number of hydrogen-bond acceptors (Lipinski definition) is 3. The van der Waals surface area contributed by atoms with E-state index in [1.54, 1.807) is 17.2 Å². The summed E-state index contributed by atoms with van der Waals surface area (Å²) < 4.78 is 16.2. The molecule has 1 aliphatic heterocycles. The molecule has 6 nitrogen and oxygen atoms in total. The highest BCUT2D eigenvalue weighted by atomic mass is 35.5. The van der Waals surface area contributed by atoms with Gasteiger partial charge < -0.3 is 14.8 Å². The smallest absolute Gasteiger partial charge is 0.321 e. The van der Waals surface area contributed by atoms with Crippen LogP contribution in [0, 0.1) is 5.82 Å². The monoisotopic (exact) mass is 401 g/mol. The summed E-state index contributed by atoms with van der Waals surface area (Å²) in [4.78, 5) is 23.3. The van der Waals surface area contributed by atoms with Crippen LogP contribution in [0.3, 0.4) is 0 Å². The summed E-state index contributed by atoms with van der Waals surface area (Å²) in [6, 6.07) is 6.01. The second-order valence-electron chi connectivity index (χ2n) is 7.28. The Kier molecular flexibility index (Phi) is 4.93. The van der Waals surface area contributed by atoms with Gasteiger partial charge in [-0.2, -0.15) is 0 Å². The number of anilines is 1. The van der Waals surface area contributed by atoms with Gasteiger partial charge in [0.05, 0.1) is 22.9 Å². The second kappa shape index (κ2) is 7.39. The summed E-state index contributed by atoms with van der Waals surface area (Å²) in [6.07, 6.45) is 4.37. The molecular weight excluding hydrogens is 381 g/mol. The zero-order valence-corrected chi connectivity index (χ0v) is 16.4. The molecule has 0 aliphatic carbocycles. The Morgan fingerprint density at radius 1 is 1.36 bits per heavy atom. The van der Waals surface area contributed by atoms with Gasteiger partial charge in [-0.3, -0.25) is 4.98 Å². The van der Waals surface area contributed by atoms with E-state index < -0.39 is 5.82 Å². The Hall–Kier alpha value is -2.67. The molecule has 0 unspecified atom stereocenters. The lowest BCUT2D eigenvalue weighted by Crippen LogP contribution is -2.33. The van der Waals surface area contributed by atoms with Crippen LogP contribution < -0.4 is 5.32 Å². The molecule has 2 aromatic heterocycles. The Morgan fingerprint density at radius 3 is 2.93 bits per heavy atom. The summed E-state index contributed by atoms with van der Waals surface area (Å²) >= 11 is 5.76. The van der Waals surface area contributed by atoms with Crippen molar-refractivity contribution in [3.05, 3.63) is 53.3 Å². The van der Waals surface area contributed by atoms with E-state index in [0.717, 1.165) is 23.3 Å². The number of halogens is 2. The topological polar surface area (TPSA) is 63.1 Å². The lowest BCUT2D eigenvalue weighted by molar-refractivity contribution is 0.221. The van der Waals surface area contributed by atoms with Gasteiger partial charge in [-0.15, -0.1) is 0 Å². The zero-order valence-electron chi connectivity index (χ0n) is 15.7. The van der Waals surface area contributed by atoms with Gasteiger partial charge in [-0.05, 0) is 44.5 Å². The SMILES string of the molecule is CC(C)n1c([C@@H]2CCN(C(=O)Nc3ccc(Cl)cc3F)C2)nc2ccncc21. The van der Waals surface area contributed by atoms with Crippen molar-refractivity contribution < 1.29 is 9.18 Å². The zero-order chi connectivity index (χ0) is 19.8. The van der Waals surface area contributed by atoms with Crippen molar-refractivity contribution in [2.75, 3.05) is 18.4 Å². The lowest BCUT2D eigenvalue weighted by Gasteiger charge is -2.19. The van der Waals surface area contributed by atoms with E-state index in [1.165, 1.54) is 12.1 Å². The van der Waals surface area contributed by atoms with E-state index in [0.29, 0.717) is 18.1 Å². The van der Waals surface area contributed by atoms with Crippen LogP contribution in [0.5, 0.6) is 0 Å². The van der Waals surface area contributed by atoms with Crippen LogP contribution >= 0.6 is 11.6 Å². The number of rotatable bonds is 3. The number of likely N-dealkylation sites (tertiary alicyclic amines) is 1. The second-order valence-corrected chi connectivity index (χ2v) is 7.72. The van der Waals surface area contributed by atoms with Gasteiger partial charge in [0.15, 0.2) is 0 Å². The fourth-order valence-electron chi connectivity index (χ4n) is 3.73. The van der Waals surface area contributed by atoms with Gasteiger partial charge in [0, 0.05) is 36.3 Å². The average Bonchev–Trinajstić information content (AvgIpc) is 3.28. The molecule has 1 aromatic carbocycles. The molecule has 1 saturated heterocycles. The van der Waals surface area contributed by atoms with Crippen LogP contribution in [0.25, 0.3) is 11.0 Å². The van der Waals surface area contributed by atoms with Gasteiger partial charge in [-0.25, -0.2) is 14.2 Å². The molecular formula is C20H21ClFN5O. The fourth-order valence-corrected chi connectivity index (χ4v) is 3.89. The van der Waals surface area contributed by atoms with Gasteiger partial charge >= 0.3 is 6.03 Å². The van der Waals surface area contributed by atoms with Crippen LogP contribution in [0.4, 0.5) is 14.9 Å². The number of fused-ring (bicyclic) bond motifs is 1. The maximum Gasteiger partial charge on any atom is 0.321 e. The number of carbonyl (C=O) groups is 1. The minimum absolute atomic E-state index is 0.121. The summed E-state index contributed by atoms with van der Waals surface area (Å²) in [5, 5.41) is 2.92. The van der Waals surface area contributed by atoms with Gasteiger partial charge in [0.1, 0.15) is 11.6 Å². The largest absolute Gasteiger partial charge is 0.324 e. The molecule has 1 aliphatic rings. The Labute approximate surface area is 167 Å². The van der Waals surface area contributed by atoms with Crippen molar-refractivity contribution in [3.8, 4) is 0 Å². The quantitative estimate of drug-likeness (QED) is 0.683. The van der Waals surface area contributed by atoms with Crippen molar-refractivity contribution in [3.63, 3.8) is 0 Å². The van der Waals surface area contributed by atoms with E-state index in [2.05, 4.69) is 28.7 Å². The van der Waals surface area contributed by atoms with E-state index in [1.807, 2.05) is 12.3 Å². The molecule has 0 saturated carbocycles. The highest BCUT2D eigenvalue weighted by Gasteiger charge is 2.31. The third-order valence-corrected chi connectivity index (χ3v) is 5.28. The molecule has 3 heterocycles. The van der Waals surface area contributed by atoms with Crippen molar-refractivity contribution in [1.29, 1.82) is 0 Å². The van der Waals surface area contributed by atoms with Crippen molar-refractivity contribution in [2.24, 2.45) is 0 Å². The molecule has 0 spiro atoms. The molecule has 1 N–H and O–H groups in total. The first kappa shape index (κ1) is 18.7. The molecule has 28 heavy (non-hydrogen) atoms. The van der Waals surface area contributed by atoms with Crippen molar-refractivity contribution in [2.45, 2.75) is 32.2 Å². The Bertz CT molecular complexity index is 1030. The molecule has 0 radical (unpaired) electrons. The predicted molar refractivity (Wildman–Crippen MR) is 107 cm³/mol. The third kappa shape index (κ3) is 3.42. The van der Waals surface area contributed by atoms with Crippen molar-refractivity contribution in [1.82, 2.24) is 19.4 Å². The fraction of sp³-hybridized carbons (Fsp3) is 0.350. The molecule has 2 amide bonds. The molecule has 8 heteroatoms. The number of hydrogen-bond donors (Lipinski definition) is 1. The minimum atomic E-state index is -0.550. The summed E-state index contributed by atoms with van der Waals surface area (Å²) in [6.45, 7) is 5.34. The maximum atomic E-state index is 14.0. The molecule has 0 bridgehead atoms. The van der Waals surface area contributed by atoms with Gasteiger partial charge in [0.2, 0.25) is 0 Å². The Morgan fingerprint density at radius 2 is 2.18 bits per heavy atom. The van der Waals surface area contributed by atoms with Crippen molar-refractivity contribution >= 4 is 34.4 Å². The van der Waals surface area contributed by atoms with Gasteiger partial charge in [0.25, 0.3) is 0 Å². The number of urea groups is 1. The van der Waals surface area contributed by atoms with E-state index in [-0.39, 0.29) is 23.7 Å². The number of nitrogens with zero attached hydrogens (tertiary/aromatic N) is 4. The highest BCUT2D eigenvalue weighted by Crippen LogP contribution is 2.32. The number of nitrogens with one attached hydrogen (secondary N) is 1. The van der Waals surface area contributed by atoms with Crippen LogP contribution in [0.1, 0.15) is 38.1 Å². The van der Waals surface area contributed by atoms with E-state index in [9.17, 15) is 9.18 Å². The summed E-state index contributed by atoms with van der Waals surface area (Å²) in [5.74, 6) is 0.535. The third-order valence-electron chi connectivity index (χ3n) is 5.05. The maximum absolute atomic E-state index is 14.0. The lowest BCUT2D eigenvalue weighted by atomic mass is 10.1. The van der Waals surface area contributed by atoms with Crippen LogP contribution in [0.15, 0.2) is 36.7 Å². The molecule has 4 rings (SSSR count). The first-order chi connectivity index (χ1) is 13.4. The normalized spacial score (nSPS) is 16.9. The number of amides is 2. The van der Waals surface area contributed by atoms with E-state index >= 15 is 0 Å². The molecule has 1 atom stereocenters. The number of carbonyl (C=O) groups excluding carboxylic acids is 1. The van der Waals surface area contributed by atoms with Crippen LogP contribution in [-0.4, -0.2) is 38.6 Å². The van der Waals surface area contributed by atoms with E-state index in [4.69, 9.17) is 16.6 Å². The number of benzene rings is 1. The number of pyridine rings is 1. The first-order valence-electron chi connectivity index (χ1n) is 9.27. The molecule has 3 aromatic rings.